The first-order valence-corrected chi connectivity index (χ1v) is 7.50. The van der Waals surface area contributed by atoms with Crippen molar-refractivity contribution in [1.29, 1.82) is 0 Å². The Morgan fingerprint density at radius 3 is 2.52 bits per heavy atom. The van der Waals surface area contributed by atoms with E-state index in [9.17, 15) is 8.78 Å². The fourth-order valence-corrected chi connectivity index (χ4v) is 2.96. The number of hydrogen-bond acceptors (Lipinski definition) is 1. The fourth-order valence-electron chi connectivity index (χ4n) is 2.96. The van der Waals surface area contributed by atoms with E-state index >= 15 is 0 Å². The summed E-state index contributed by atoms with van der Waals surface area (Å²) < 4.78 is 29.1. The van der Waals surface area contributed by atoms with Crippen LogP contribution >= 0.6 is 0 Å². The van der Waals surface area contributed by atoms with Crippen LogP contribution in [-0.2, 0) is 6.54 Å². The fraction of sp³-hybridized carbons (Fsp3) is 0.158. The van der Waals surface area contributed by atoms with Crippen LogP contribution in [0.2, 0.25) is 0 Å². The molecule has 4 heteroatoms. The number of fused-ring (bicyclic) bond motifs is 1. The molecule has 2 N–H and O–H groups in total. The van der Waals surface area contributed by atoms with Gasteiger partial charge in [0.15, 0.2) is 0 Å². The lowest BCUT2D eigenvalue weighted by Crippen LogP contribution is -2.03. The third-order valence-corrected chi connectivity index (χ3v) is 4.01. The standard InChI is InChI=1S/C19H18F2N2/c1-13-19(14-6-8-15(20)9-7-14)17-4-2-3-5-18(17)23(13)12-16(21)10-11-22/h2-10H,11-12,22H2,1H3. The van der Waals surface area contributed by atoms with E-state index in [-0.39, 0.29) is 24.7 Å². The Balaban J connectivity index is 2.21. The molecule has 0 amide bonds. The first kappa shape index (κ1) is 15.4. The Morgan fingerprint density at radius 2 is 1.83 bits per heavy atom. The van der Waals surface area contributed by atoms with Crippen molar-refractivity contribution in [1.82, 2.24) is 4.57 Å². The Morgan fingerprint density at radius 1 is 1.13 bits per heavy atom. The molecule has 0 unspecified atom stereocenters. The zero-order chi connectivity index (χ0) is 16.4. The van der Waals surface area contributed by atoms with Crippen molar-refractivity contribution in [2.24, 2.45) is 5.73 Å². The second kappa shape index (κ2) is 6.34. The molecule has 23 heavy (non-hydrogen) atoms. The van der Waals surface area contributed by atoms with Crippen molar-refractivity contribution in [3.05, 3.63) is 71.9 Å². The molecule has 0 spiro atoms. The minimum atomic E-state index is -0.271. The number of halogens is 2. The topological polar surface area (TPSA) is 30.9 Å². The van der Waals surface area contributed by atoms with Gasteiger partial charge in [-0.25, -0.2) is 8.78 Å². The molecule has 0 aliphatic rings. The summed E-state index contributed by atoms with van der Waals surface area (Å²) in [6.07, 6.45) is 1.38. The third kappa shape index (κ3) is 2.90. The summed E-state index contributed by atoms with van der Waals surface area (Å²) in [4.78, 5) is 0. The predicted octanol–water partition coefficient (Wildman–Crippen LogP) is 4.57. The largest absolute Gasteiger partial charge is 0.337 e. The minimum Gasteiger partial charge on any atom is -0.337 e. The van der Waals surface area contributed by atoms with Crippen LogP contribution in [0, 0.1) is 12.7 Å². The quantitative estimate of drug-likeness (QED) is 0.752. The van der Waals surface area contributed by atoms with Crippen LogP contribution < -0.4 is 5.73 Å². The summed E-state index contributed by atoms with van der Waals surface area (Å²) in [5.41, 5.74) is 9.19. The molecule has 0 saturated heterocycles. The van der Waals surface area contributed by atoms with E-state index in [1.54, 1.807) is 12.1 Å². The molecule has 2 aromatic carbocycles. The van der Waals surface area contributed by atoms with Gasteiger partial charge in [0, 0.05) is 28.7 Å². The van der Waals surface area contributed by atoms with Crippen molar-refractivity contribution in [3.63, 3.8) is 0 Å². The SMILES string of the molecule is Cc1c(-c2ccc(F)cc2)c2ccccc2n1CC(F)=CCN. The highest BCUT2D eigenvalue weighted by atomic mass is 19.1. The number of nitrogens with zero attached hydrogens (tertiary/aromatic N) is 1. The Hall–Kier alpha value is -2.46. The molecule has 1 aromatic heterocycles. The lowest BCUT2D eigenvalue weighted by atomic mass is 10.0. The Labute approximate surface area is 133 Å². The van der Waals surface area contributed by atoms with Crippen LogP contribution in [0.4, 0.5) is 8.78 Å². The molecule has 118 valence electrons. The van der Waals surface area contributed by atoms with Crippen molar-refractivity contribution in [2.45, 2.75) is 13.5 Å². The van der Waals surface area contributed by atoms with Gasteiger partial charge in [0.25, 0.3) is 0 Å². The maximum Gasteiger partial charge on any atom is 0.123 e. The van der Waals surface area contributed by atoms with E-state index < -0.39 is 0 Å². The highest BCUT2D eigenvalue weighted by Crippen LogP contribution is 2.35. The number of nitrogens with two attached hydrogens (primary N) is 1. The number of rotatable bonds is 4. The second-order valence-corrected chi connectivity index (χ2v) is 5.46. The van der Waals surface area contributed by atoms with Crippen molar-refractivity contribution < 1.29 is 8.78 Å². The van der Waals surface area contributed by atoms with Crippen molar-refractivity contribution >= 4 is 10.9 Å². The van der Waals surface area contributed by atoms with Crippen LogP contribution in [0.25, 0.3) is 22.0 Å². The number of benzene rings is 2. The van der Waals surface area contributed by atoms with E-state index in [1.165, 1.54) is 18.2 Å². The molecule has 0 aliphatic heterocycles. The smallest absolute Gasteiger partial charge is 0.123 e. The van der Waals surface area contributed by atoms with Gasteiger partial charge in [0.1, 0.15) is 11.6 Å². The summed E-state index contributed by atoms with van der Waals surface area (Å²) in [6.45, 7) is 2.27. The molecular weight excluding hydrogens is 294 g/mol. The van der Waals surface area contributed by atoms with E-state index in [4.69, 9.17) is 5.73 Å². The normalized spacial score (nSPS) is 12.1. The van der Waals surface area contributed by atoms with E-state index in [1.807, 2.05) is 35.8 Å². The zero-order valence-electron chi connectivity index (χ0n) is 12.9. The monoisotopic (exact) mass is 312 g/mol. The van der Waals surface area contributed by atoms with Gasteiger partial charge in [0.05, 0.1) is 6.54 Å². The van der Waals surface area contributed by atoms with Crippen molar-refractivity contribution in [2.75, 3.05) is 6.54 Å². The number of allylic oxidation sites excluding steroid dienone is 1. The van der Waals surface area contributed by atoms with Crippen LogP contribution in [0.3, 0.4) is 0 Å². The third-order valence-electron chi connectivity index (χ3n) is 4.01. The summed E-state index contributed by atoms with van der Waals surface area (Å²) in [7, 11) is 0. The van der Waals surface area contributed by atoms with Gasteiger partial charge in [0.2, 0.25) is 0 Å². The molecule has 3 aromatic rings. The maximum absolute atomic E-state index is 14.0. The van der Waals surface area contributed by atoms with Crippen LogP contribution in [0.5, 0.6) is 0 Å². The van der Waals surface area contributed by atoms with Gasteiger partial charge in [-0.05, 0) is 36.8 Å². The molecule has 0 saturated carbocycles. The molecule has 0 atom stereocenters. The molecular formula is C19H18F2N2. The highest BCUT2D eigenvalue weighted by Gasteiger charge is 2.16. The van der Waals surface area contributed by atoms with Crippen LogP contribution in [0.15, 0.2) is 60.4 Å². The summed E-state index contributed by atoms with van der Waals surface area (Å²) in [5, 5.41) is 1.03. The summed E-state index contributed by atoms with van der Waals surface area (Å²) in [5.74, 6) is -0.533. The number of para-hydroxylation sites is 1. The number of aromatic nitrogens is 1. The molecule has 2 nitrogen and oxygen atoms in total. The molecule has 0 radical (unpaired) electrons. The van der Waals surface area contributed by atoms with Crippen LogP contribution in [-0.4, -0.2) is 11.1 Å². The maximum atomic E-state index is 14.0. The van der Waals surface area contributed by atoms with Gasteiger partial charge in [-0.1, -0.05) is 30.3 Å². The van der Waals surface area contributed by atoms with Gasteiger partial charge >= 0.3 is 0 Å². The van der Waals surface area contributed by atoms with Crippen molar-refractivity contribution in [3.8, 4) is 11.1 Å². The molecule has 1 heterocycles. The summed E-state index contributed by atoms with van der Waals surface area (Å²) >= 11 is 0. The average Bonchev–Trinajstić information content (AvgIpc) is 2.81. The first-order valence-electron chi connectivity index (χ1n) is 7.50. The van der Waals surface area contributed by atoms with Gasteiger partial charge in [-0.2, -0.15) is 0 Å². The summed E-state index contributed by atoms with van der Waals surface area (Å²) in [6, 6.07) is 14.2. The van der Waals surface area contributed by atoms with Crippen LogP contribution in [0.1, 0.15) is 5.69 Å². The molecule has 3 rings (SSSR count). The van der Waals surface area contributed by atoms with E-state index in [2.05, 4.69) is 0 Å². The lowest BCUT2D eigenvalue weighted by Gasteiger charge is -2.07. The lowest BCUT2D eigenvalue weighted by molar-refractivity contribution is 0.555. The minimum absolute atomic E-state index is 0.144. The van der Waals surface area contributed by atoms with E-state index in [0.717, 1.165) is 27.7 Å². The highest BCUT2D eigenvalue weighted by molar-refractivity contribution is 5.98. The van der Waals surface area contributed by atoms with Gasteiger partial charge in [-0.15, -0.1) is 0 Å². The van der Waals surface area contributed by atoms with Gasteiger partial charge in [-0.3, -0.25) is 0 Å². The predicted molar refractivity (Wildman–Crippen MR) is 90.3 cm³/mol. The molecule has 0 fully saturated rings. The first-order chi connectivity index (χ1) is 11.1. The molecule has 0 bridgehead atoms. The zero-order valence-corrected chi connectivity index (χ0v) is 12.9. The Bertz CT molecular complexity index is 861. The van der Waals surface area contributed by atoms with Gasteiger partial charge < -0.3 is 10.3 Å². The van der Waals surface area contributed by atoms with E-state index in [0.29, 0.717) is 0 Å². The average molecular weight is 312 g/mol. The number of hydrogen-bond donors (Lipinski definition) is 1. The Kier molecular flexibility index (Phi) is 4.26. The molecule has 0 aliphatic carbocycles. The second-order valence-electron chi connectivity index (χ2n) is 5.46.